The average molecular weight is 256 g/mol. The third-order valence-corrected chi connectivity index (χ3v) is 3.22. The van der Waals surface area contributed by atoms with Crippen LogP contribution < -0.4 is 15.8 Å². The molecule has 3 N–H and O–H groups in total. The van der Waals surface area contributed by atoms with Crippen molar-refractivity contribution in [2.24, 2.45) is 5.73 Å². The van der Waals surface area contributed by atoms with Gasteiger partial charge in [-0.05, 0) is 37.0 Å². The third kappa shape index (κ3) is 3.92. The molecule has 18 heavy (non-hydrogen) atoms. The van der Waals surface area contributed by atoms with Gasteiger partial charge in [-0.2, -0.15) is 8.78 Å². The van der Waals surface area contributed by atoms with Crippen LogP contribution in [-0.2, 0) is 6.54 Å². The van der Waals surface area contributed by atoms with Crippen LogP contribution in [0.15, 0.2) is 24.3 Å². The monoisotopic (exact) mass is 256 g/mol. The molecular formula is C13H18F2N2O. The van der Waals surface area contributed by atoms with Crippen molar-refractivity contribution in [3.8, 4) is 5.75 Å². The van der Waals surface area contributed by atoms with Crippen molar-refractivity contribution in [1.82, 2.24) is 5.32 Å². The van der Waals surface area contributed by atoms with Crippen LogP contribution in [0.2, 0.25) is 0 Å². The highest BCUT2D eigenvalue weighted by Crippen LogP contribution is 2.18. The lowest BCUT2D eigenvalue weighted by molar-refractivity contribution is -0.0498. The van der Waals surface area contributed by atoms with E-state index in [0.29, 0.717) is 12.1 Å². The van der Waals surface area contributed by atoms with Crippen molar-refractivity contribution in [2.75, 3.05) is 0 Å². The van der Waals surface area contributed by atoms with Crippen molar-refractivity contribution in [1.29, 1.82) is 0 Å². The highest BCUT2D eigenvalue weighted by atomic mass is 19.3. The maximum Gasteiger partial charge on any atom is 0.387 e. The zero-order chi connectivity index (χ0) is 13.0. The Morgan fingerprint density at radius 1 is 1.28 bits per heavy atom. The highest BCUT2D eigenvalue weighted by Gasteiger charge is 2.20. The van der Waals surface area contributed by atoms with E-state index in [0.717, 1.165) is 31.4 Å². The first-order chi connectivity index (χ1) is 8.63. The van der Waals surface area contributed by atoms with E-state index in [4.69, 9.17) is 5.73 Å². The molecule has 0 heterocycles. The molecule has 5 heteroatoms. The fourth-order valence-electron chi connectivity index (χ4n) is 2.25. The lowest BCUT2D eigenvalue weighted by Gasteiger charge is -2.12. The van der Waals surface area contributed by atoms with Crippen LogP contribution in [0.25, 0.3) is 0 Å². The van der Waals surface area contributed by atoms with Gasteiger partial charge in [0.05, 0.1) is 0 Å². The Bertz CT molecular complexity index is 370. The number of benzene rings is 1. The van der Waals surface area contributed by atoms with Gasteiger partial charge in [-0.15, -0.1) is 0 Å². The van der Waals surface area contributed by atoms with E-state index >= 15 is 0 Å². The number of hydrogen-bond acceptors (Lipinski definition) is 3. The van der Waals surface area contributed by atoms with Gasteiger partial charge in [-0.25, -0.2) is 0 Å². The molecule has 1 aromatic carbocycles. The van der Waals surface area contributed by atoms with Crippen molar-refractivity contribution < 1.29 is 13.5 Å². The highest BCUT2D eigenvalue weighted by molar-refractivity contribution is 5.27. The number of nitrogens with one attached hydrogen (secondary N) is 1. The summed E-state index contributed by atoms with van der Waals surface area (Å²) in [6.45, 7) is -2.04. The van der Waals surface area contributed by atoms with Crippen LogP contribution in [0.5, 0.6) is 5.75 Å². The Morgan fingerprint density at radius 2 is 2.00 bits per heavy atom. The Labute approximate surface area is 105 Å². The molecule has 2 atom stereocenters. The minimum Gasteiger partial charge on any atom is -0.435 e. The largest absolute Gasteiger partial charge is 0.435 e. The van der Waals surface area contributed by atoms with Gasteiger partial charge in [0, 0.05) is 18.6 Å². The molecule has 0 saturated heterocycles. The fourth-order valence-corrected chi connectivity index (χ4v) is 2.25. The molecule has 1 fully saturated rings. The van der Waals surface area contributed by atoms with Gasteiger partial charge in [-0.3, -0.25) is 0 Å². The lowest BCUT2D eigenvalue weighted by Crippen LogP contribution is -2.27. The molecule has 0 aliphatic heterocycles. The van der Waals surface area contributed by atoms with Crippen LogP contribution in [0, 0.1) is 0 Å². The third-order valence-electron chi connectivity index (χ3n) is 3.22. The quantitative estimate of drug-likeness (QED) is 0.849. The molecule has 0 amide bonds. The summed E-state index contributed by atoms with van der Waals surface area (Å²) in [5, 5.41) is 3.42. The maximum absolute atomic E-state index is 12.0. The molecule has 0 aromatic heterocycles. The molecule has 0 bridgehead atoms. The topological polar surface area (TPSA) is 47.3 Å². The lowest BCUT2D eigenvalue weighted by atomic mass is 10.2. The zero-order valence-electron chi connectivity index (χ0n) is 10.1. The second-order valence-corrected chi connectivity index (χ2v) is 4.67. The number of alkyl halides is 2. The first kappa shape index (κ1) is 13.2. The van der Waals surface area contributed by atoms with Crippen LogP contribution in [0.3, 0.4) is 0 Å². The van der Waals surface area contributed by atoms with E-state index < -0.39 is 6.61 Å². The summed E-state index contributed by atoms with van der Waals surface area (Å²) in [4.78, 5) is 0. The Hall–Kier alpha value is -1.20. The van der Waals surface area contributed by atoms with Gasteiger partial charge in [-0.1, -0.05) is 12.1 Å². The average Bonchev–Trinajstić information content (AvgIpc) is 2.74. The zero-order valence-corrected chi connectivity index (χ0v) is 10.1. The predicted molar refractivity (Wildman–Crippen MR) is 65.5 cm³/mol. The van der Waals surface area contributed by atoms with E-state index in [9.17, 15) is 8.78 Å². The normalized spacial score (nSPS) is 23.6. The summed E-state index contributed by atoms with van der Waals surface area (Å²) in [6.07, 6.45) is 3.18. The Balaban J connectivity index is 1.79. The van der Waals surface area contributed by atoms with E-state index in [2.05, 4.69) is 10.1 Å². The molecule has 2 unspecified atom stereocenters. The standard InChI is InChI=1S/C13H18F2N2O/c14-13(15)18-12-5-1-9(2-6-12)8-17-11-4-3-10(16)7-11/h1-2,5-6,10-11,13,17H,3-4,7-8,16H2. The van der Waals surface area contributed by atoms with Crippen molar-refractivity contribution in [3.63, 3.8) is 0 Å². The molecule has 1 aliphatic rings. The second-order valence-electron chi connectivity index (χ2n) is 4.67. The van der Waals surface area contributed by atoms with Crippen molar-refractivity contribution >= 4 is 0 Å². The van der Waals surface area contributed by atoms with E-state index in [1.807, 2.05) is 0 Å². The summed E-state index contributed by atoms with van der Waals surface area (Å²) < 4.78 is 28.2. The van der Waals surface area contributed by atoms with Gasteiger partial charge in [0.15, 0.2) is 0 Å². The molecular weight excluding hydrogens is 238 g/mol. The number of nitrogens with two attached hydrogens (primary N) is 1. The fraction of sp³-hybridized carbons (Fsp3) is 0.538. The second kappa shape index (κ2) is 6.11. The summed E-state index contributed by atoms with van der Waals surface area (Å²) >= 11 is 0. The van der Waals surface area contributed by atoms with Crippen LogP contribution >= 0.6 is 0 Å². The van der Waals surface area contributed by atoms with Gasteiger partial charge in [0.25, 0.3) is 0 Å². The number of ether oxygens (including phenoxy) is 1. The van der Waals surface area contributed by atoms with Gasteiger partial charge >= 0.3 is 6.61 Å². The Morgan fingerprint density at radius 3 is 2.56 bits per heavy atom. The van der Waals surface area contributed by atoms with Gasteiger partial charge < -0.3 is 15.8 Å². The van der Waals surface area contributed by atoms with Crippen molar-refractivity contribution in [3.05, 3.63) is 29.8 Å². The predicted octanol–water partition coefficient (Wildman–Crippen LogP) is 2.26. The Kier molecular flexibility index (Phi) is 4.49. The number of halogens is 2. The van der Waals surface area contributed by atoms with E-state index in [1.165, 1.54) is 0 Å². The summed E-state index contributed by atoms with van der Waals surface area (Å²) in [5.74, 6) is 0.191. The van der Waals surface area contributed by atoms with E-state index in [1.54, 1.807) is 24.3 Å². The molecule has 1 aromatic rings. The maximum atomic E-state index is 12.0. The first-order valence-corrected chi connectivity index (χ1v) is 6.16. The van der Waals surface area contributed by atoms with Gasteiger partial charge in [0.2, 0.25) is 0 Å². The number of hydrogen-bond donors (Lipinski definition) is 2. The molecule has 2 rings (SSSR count). The van der Waals surface area contributed by atoms with Crippen molar-refractivity contribution in [2.45, 2.75) is 44.5 Å². The summed E-state index contributed by atoms with van der Waals surface area (Å²) in [6, 6.07) is 7.48. The smallest absolute Gasteiger partial charge is 0.387 e. The van der Waals surface area contributed by atoms with Crippen LogP contribution in [0.4, 0.5) is 8.78 Å². The molecule has 100 valence electrons. The number of rotatable bonds is 5. The molecule has 3 nitrogen and oxygen atoms in total. The minimum absolute atomic E-state index is 0.191. The molecule has 1 aliphatic carbocycles. The van der Waals surface area contributed by atoms with Crippen LogP contribution in [-0.4, -0.2) is 18.7 Å². The summed E-state index contributed by atoms with van der Waals surface area (Å²) in [7, 11) is 0. The molecule has 0 spiro atoms. The minimum atomic E-state index is -2.77. The first-order valence-electron chi connectivity index (χ1n) is 6.16. The van der Waals surface area contributed by atoms with Gasteiger partial charge in [0.1, 0.15) is 5.75 Å². The SMILES string of the molecule is NC1CCC(NCc2ccc(OC(F)F)cc2)C1. The molecule has 1 saturated carbocycles. The van der Waals surface area contributed by atoms with Crippen LogP contribution in [0.1, 0.15) is 24.8 Å². The summed E-state index contributed by atoms with van der Waals surface area (Å²) in [5.41, 5.74) is 6.89. The van der Waals surface area contributed by atoms with E-state index in [-0.39, 0.29) is 5.75 Å². The molecule has 0 radical (unpaired) electrons.